The molecule has 0 aliphatic rings. The van der Waals surface area contributed by atoms with E-state index < -0.39 is 0 Å². The van der Waals surface area contributed by atoms with Crippen LogP contribution in [0.2, 0.25) is 5.15 Å². The lowest BCUT2D eigenvalue weighted by atomic mass is 10.2. The van der Waals surface area contributed by atoms with Gasteiger partial charge in [0, 0.05) is 4.88 Å². The first-order valence-corrected chi connectivity index (χ1v) is 7.67. The first-order chi connectivity index (χ1) is 8.06. The number of hydrogen-bond donors (Lipinski definition) is 1. The van der Waals surface area contributed by atoms with Gasteiger partial charge in [0.1, 0.15) is 5.15 Å². The van der Waals surface area contributed by atoms with Crippen LogP contribution in [0.4, 0.5) is 5.69 Å². The van der Waals surface area contributed by atoms with Crippen LogP contribution in [0.3, 0.4) is 0 Å². The fourth-order valence-electron chi connectivity index (χ4n) is 1.38. The van der Waals surface area contributed by atoms with Crippen molar-refractivity contribution in [2.75, 3.05) is 5.32 Å². The minimum absolute atomic E-state index is 0.237. The van der Waals surface area contributed by atoms with Crippen molar-refractivity contribution in [2.45, 2.75) is 13.0 Å². The number of aromatic nitrogens is 1. The molecule has 0 fully saturated rings. The highest BCUT2D eigenvalue weighted by Crippen LogP contribution is 2.30. The van der Waals surface area contributed by atoms with E-state index in [0.29, 0.717) is 5.15 Å². The minimum Gasteiger partial charge on any atom is -0.376 e. The Morgan fingerprint density at radius 2 is 2.18 bits per heavy atom. The Kier molecular flexibility index (Phi) is 4.47. The van der Waals surface area contributed by atoms with Gasteiger partial charge in [-0.2, -0.15) is 0 Å². The van der Waals surface area contributed by atoms with Crippen LogP contribution >= 0.6 is 54.8 Å². The molecule has 2 aromatic heterocycles. The quantitative estimate of drug-likeness (QED) is 0.694. The van der Waals surface area contributed by atoms with Crippen LogP contribution in [0.5, 0.6) is 0 Å². The smallest absolute Gasteiger partial charge is 0.143 e. The molecule has 1 atom stereocenters. The van der Waals surface area contributed by atoms with Crippen molar-refractivity contribution in [1.29, 1.82) is 0 Å². The molecule has 6 heteroatoms. The summed E-state index contributed by atoms with van der Waals surface area (Å²) in [6, 6.07) is 6.31. The van der Waals surface area contributed by atoms with Gasteiger partial charge in [-0.25, -0.2) is 4.98 Å². The standard InChI is InChI=1S/C11H9Br2ClN2S/c1-6(9-2-3-10(13)17-9)16-7-4-8(12)11(14)15-5-7/h2-6,16H,1H3. The van der Waals surface area contributed by atoms with Gasteiger partial charge in [-0.1, -0.05) is 11.6 Å². The first kappa shape index (κ1) is 13.3. The molecule has 1 N–H and O–H groups in total. The van der Waals surface area contributed by atoms with Gasteiger partial charge in [0.2, 0.25) is 0 Å². The maximum atomic E-state index is 5.85. The predicted molar refractivity (Wildman–Crippen MR) is 81.0 cm³/mol. The number of pyridine rings is 1. The Hall–Kier alpha value is -0.100. The maximum Gasteiger partial charge on any atom is 0.143 e. The van der Waals surface area contributed by atoms with E-state index in [1.807, 2.05) is 12.1 Å². The van der Waals surface area contributed by atoms with Crippen LogP contribution < -0.4 is 5.32 Å². The third-order valence-electron chi connectivity index (χ3n) is 2.20. The molecule has 2 rings (SSSR count). The minimum atomic E-state index is 0.237. The first-order valence-electron chi connectivity index (χ1n) is 4.89. The van der Waals surface area contributed by atoms with Crippen molar-refractivity contribution in [3.8, 4) is 0 Å². The number of hydrogen-bond acceptors (Lipinski definition) is 3. The van der Waals surface area contributed by atoms with Crippen LogP contribution in [-0.2, 0) is 0 Å². The van der Waals surface area contributed by atoms with Crippen molar-refractivity contribution in [3.63, 3.8) is 0 Å². The maximum absolute atomic E-state index is 5.85. The summed E-state index contributed by atoms with van der Waals surface area (Å²) in [5, 5.41) is 3.85. The average Bonchev–Trinajstić information content (AvgIpc) is 2.70. The molecule has 0 amide bonds. The molecule has 90 valence electrons. The van der Waals surface area contributed by atoms with Gasteiger partial charge < -0.3 is 5.32 Å². The summed E-state index contributed by atoms with van der Waals surface area (Å²) in [5.41, 5.74) is 0.943. The van der Waals surface area contributed by atoms with Gasteiger partial charge in [0.05, 0.1) is 26.2 Å². The van der Waals surface area contributed by atoms with Crippen LogP contribution in [-0.4, -0.2) is 4.98 Å². The van der Waals surface area contributed by atoms with Gasteiger partial charge >= 0.3 is 0 Å². The van der Waals surface area contributed by atoms with E-state index in [-0.39, 0.29) is 6.04 Å². The fraction of sp³-hybridized carbons (Fsp3) is 0.182. The van der Waals surface area contributed by atoms with E-state index in [9.17, 15) is 0 Å². The summed E-state index contributed by atoms with van der Waals surface area (Å²) >= 11 is 14.4. The van der Waals surface area contributed by atoms with E-state index in [4.69, 9.17) is 11.6 Å². The molecule has 0 saturated heterocycles. The highest BCUT2D eigenvalue weighted by atomic mass is 79.9. The summed E-state index contributed by atoms with van der Waals surface area (Å²) in [4.78, 5) is 5.35. The van der Waals surface area contributed by atoms with E-state index in [1.165, 1.54) is 4.88 Å². The van der Waals surface area contributed by atoms with Crippen molar-refractivity contribution in [2.24, 2.45) is 0 Å². The lowest BCUT2D eigenvalue weighted by molar-refractivity contribution is 0.905. The van der Waals surface area contributed by atoms with Crippen molar-refractivity contribution in [1.82, 2.24) is 4.98 Å². The summed E-state index contributed by atoms with van der Waals surface area (Å²) in [7, 11) is 0. The average molecular weight is 397 g/mol. The molecule has 0 aromatic carbocycles. The lowest BCUT2D eigenvalue weighted by Gasteiger charge is -2.13. The van der Waals surface area contributed by atoms with Crippen LogP contribution in [0, 0.1) is 0 Å². The normalized spacial score (nSPS) is 12.5. The highest BCUT2D eigenvalue weighted by Gasteiger charge is 2.09. The van der Waals surface area contributed by atoms with Gasteiger partial charge in [0.25, 0.3) is 0 Å². The third kappa shape index (κ3) is 3.44. The Labute approximate surface area is 126 Å². The molecular formula is C11H9Br2ClN2S. The molecule has 0 spiro atoms. The highest BCUT2D eigenvalue weighted by molar-refractivity contribution is 9.11. The number of nitrogens with zero attached hydrogens (tertiary/aromatic N) is 1. The molecule has 0 bridgehead atoms. The zero-order valence-electron chi connectivity index (χ0n) is 8.88. The monoisotopic (exact) mass is 394 g/mol. The fourth-order valence-corrected chi connectivity index (χ4v) is 3.26. The van der Waals surface area contributed by atoms with E-state index in [1.54, 1.807) is 17.5 Å². The molecule has 1 unspecified atom stereocenters. The molecule has 0 radical (unpaired) electrons. The summed E-state index contributed by atoms with van der Waals surface area (Å²) < 4.78 is 1.93. The molecule has 0 saturated carbocycles. The molecule has 2 aromatic rings. The zero-order valence-corrected chi connectivity index (χ0v) is 13.6. The Balaban J connectivity index is 2.12. The summed E-state index contributed by atoms with van der Waals surface area (Å²) in [5.74, 6) is 0. The van der Waals surface area contributed by atoms with Gasteiger partial charge in [-0.05, 0) is 57.0 Å². The molecule has 0 aliphatic carbocycles. The second-order valence-electron chi connectivity index (χ2n) is 3.50. The second kappa shape index (κ2) is 5.69. The summed E-state index contributed by atoms with van der Waals surface area (Å²) in [6.07, 6.45) is 1.73. The van der Waals surface area contributed by atoms with Gasteiger partial charge in [-0.15, -0.1) is 11.3 Å². The van der Waals surface area contributed by atoms with Crippen LogP contribution in [0.15, 0.2) is 32.7 Å². The largest absolute Gasteiger partial charge is 0.376 e. The SMILES string of the molecule is CC(Nc1cnc(Cl)c(Br)c1)c1ccc(Br)s1. The van der Waals surface area contributed by atoms with Crippen molar-refractivity contribution < 1.29 is 0 Å². The number of thiophene rings is 1. The van der Waals surface area contributed by atoms with E-state index >= 15 is 0 Å². The molecule has 2 heterocycles. The topological polar surface area (TPSA) is 24.9 Å². The van der Waals surface area contributed by atoms with Crippen LogP contribution in [0.1, 0.15) is 17.8 Å². The molecule has 17 heavy (non-hydrogen) atoms. The Morgan fingerprint density at radius 1 is 1.41 bits per heavy atom. The Morgan fingerprint density at radius 3 is 2.76 bits per heavy atom. The number of halogens is 3. The lowest BCUT2D eigenvalue weighted by Crippen LogP contribution is -2.05. The predicted octanol–water partition coefficient (Wildman–Crippen LogP) is 5.49. The van der Waals surface area contributed by atoms with E-state index in [2.05, 4.69) is 55.2 Å². The van der Waals surface area contributed by atoms with Crippen molar-refractivity contribution >= 4 is 60.5 Å². The summed E-state index contributed by atoms with van der Waals surface area (Å²) in [6.45, 7) is 2.11. The van der Waals surface area contributed by atoms with Crippen molar-refractivity contribution in [3.05, 3.63) is 42.7 Å². The molecule has 2 nitrogen and oxygen atoms in total. The Bertz CT molecular complexity index is 530. The molecular weight excluding hydrogens is 387 g/mol. The number of rotatable bonds is 3. The zero-order chi connectivity index (χ0) is 12.4. The number of anilines is 1. The van der Waals surface area contributed by atoms with Gasteiger partial charge in [-0.3, -0.25) is 0 Å². The third-order valence-corrected chi connectivity index (χ3v) is 5.14. The van der Waals surface area contributed by atoms with E-state index in [0.717, 1.165) is 13.9 Å². The van der Waals surface area contributed by atoms with Gasteiger partial charge in [0.15, 0.2) is 0 Å². The number of nitrogens with one attached hydrogen (secondary N) is 1. The second-order valence-corrected chi connectivity index (χ2v) is 7.21. The molecule has 0 aliphatic heterocycles. The van der Waals surface area contributed by atoms with Crippen LogP contribution in [0.25, 0.3) is 0 Å².